The molecule has 4 nitrogen and oxygen atoms in total. The number of allylic oxidation sites excluding steroid dienone is 3. The van der Waals surface area contributed by atoms with E-state index in [0.29, 0.717) is 17.0 Å². The van der Waals surface area contributed by atoms with Crippen LogP contribution in [0.5, 0.6) is 0 Å². The summed E-state index contributed by atoms with van der Waals surface area (Å²) in [4.78, 5) is 16.0. The molecule has 0 unspecified atom stereocenters. The molecule has 2 rings (SSSR count). The molecule has 0 radical (unpaired) electrons. The number of ketones is 1. The number of hydrogen-bond donors (Lipinski definition) is 2. The fraction of sp³-hybridized carbons (Fsp3) is 0.200. The summed E-state index contributed by atoms with van der Waals surface area (Å²) < 4.78 is 0. The molecule has 4 heteroatoms. The number of aliphatic imine (C=N–C) groups is 1. The number of carbonyl (C=O) groups excluding carboxylic acids is 1. The van der Waals surface area contributed by atoms with E-state index in [2.05, 4.69) is 4.99 Å². The van der Waals surface area contributed by atoms with Crippen molar-refractivity contribution < 1.29 is 4.79 Å². The molecule has 19 heavy (non-hydrogen) atoms. The summed E-state index contributed by atoms with van der Waals surface area (Å²) in [5.74, 6) is -0.0679. The van der Waals surface area contributed by atoms with Crippen molar-refractivity contribution in [1.29, 1.82) is 0 Å². The second kappa shape index (κ2) is 4.72. The van der Waals surface area contributed by atoms with E-state index < -0.39 is 0 Å². The molecule has 98 valence electrons. The highest BCUT2D eigenvalue weighted by atomic mass is 16.1. The standard InChI is InChI=1S/C15H17N3O/c1-8-5-13(9(2)4-11(8)16)18-14-6-10(3)15(19)7-12(14)17/h4-7H,16-17H2,1-3H3. The Balaban J connectivity index is 2.50. The SMILES string of the molecule is CC1=CC(=Nc2cc(C)c(N)cc2C)C(N)=CC1=O. The number of nitrogens with two attached hydrogens (primary N) is 2. The molecule has 0 aromatic heterocycles. The van der Waals surface area contributed by atoms with Crippen molar-refractivity contribution in [3.63, 3.8) is 0 Å². The summed E-state index contributed by atoms with van der Waals surface area (Å²) in [5, 5.41) is 0. The second-order valence-electron chi connectivity index (χ2n) is 4.78. The summed E-state index contributed by atoms with van der Waals surface area (Å²) in [6.45, 7) is 5.63. The Hall–Kier alpha value is -2.36. The first-order valence-corrected chi connectivity index (χ1v) is 6.04. The molecule has 1 aliphatic rings. The van der Waals surface area contributed by atoms with Crippen LogP contribution in [0.1, 0.15) is 18.1 Å². The molecule has 1 aromatic rings. The minimum atomic E-state index is -0.0679. The van der Waals surface area contributed by atoms with Gasteiger partial charge < -0.3 is 11.5 Å². The maximum atomic E-state index is 11.5. The lowest BCUT2D eigenvalue weighted by atomic mass is 10.0. The van der Waals surface area contributed by atoms with Gasteiger partial charge in [0.05, 0.1) is 17.1 Å². The maximum Gasteiger partial charge on any atom is 0.183 e. The van der Waals surface area contributed by atoms with E-state index in [4.69, 9.17) is 11.5 Å². The number of benzene rings is 1. The van der Waals surface area contributed by atoms with Crippen LogP contribution in [-0.4, -0.2) is 11.5 Å². The lowest BCUT2D eigenvalue weighted by Crippen LogP contribution is -2.17. The Morgan fingerprint density at radius 1 is 1.00 bits per heavy atom. The van der Waals surface area contributed by atoms with Crippen LogP contribution in [0.25, 0.3) is 0 Å². The van der Waals surface area contributed by atoms with E-state index in [1.165, 1.54) is 6.08 Å². The van der Waals surface area contributed by atoms with Gasteiger partial charge in [0, 0.05) is 11.8 Å². The van der Waals surface area contributed by atoms with Crippen LogP contribution in [0, 0.1) is 13.8 Å². The highest BCUT2D eigenvalue weighted by molar-refractivity contribution is 6.21. The molecule has 0 spiro atoms. The van der Waals surface area contributed by atoms with Crippen LogP contribution in [0.15, 0.2) is 40.5 Å². The van der Waals surface area contributed by atoms with Gasteiger partial charge >= 0.3 is 0 Å². The van der Waals surface area contributed by atoms with E-state index >= 15 is 0 Å². The lowest BCUT2D eigenvalue weighted by molar-refractivity contribution is -0.111. The van der Waals surface area contributed by atoms with Crippen molar-refractivity contribution in [2.45, 2.75) is 20.8 Å². The summed E-state index contributed by atoms with van der Waals surface area (Å²) in [7, 11) is 0. The third-order valence-corrected chi connectivity index (χ3v) is 3.15. The van der Waals surface area contributed by atoms with Crippen LogP contribution in [0.3, 0.4) is 0 Å². The van der Waals surface area contributed by atoms with Gasteiger partial charge in [0.2, 0.25) is 0 Å². The van der Waals surface area contributed by atoms with Gasteiger partial charge in [-0.1, -0.05) is 0 Å². The van der Waals surface area contributed by atoms with Gasteiger partial charge in [-0.25, -0.2) is 4.99 Å². The largest absolute Gasteiger partial charge is 0.399 e. The van der Waals surface area contributed by atoms with Crippen LogP contribution >= 0.6 is 0 Å². The first kappa shape index (κ1) is 13.1. The van der Waals surface area contributed by atoms with Gasteiger partial charge in [0.25, 0.3) is 0 Å². The second-order valence-corrected chi connectivity index (χ2v) is 4.78. The average molecular weight is 255 g/mol. The molecule has 4 N–H and O–H groups in total. The van der Waals surface area contributed by atoms with Crippen LogP contribution in [-0.2, 0) is 4.79 Å². The third kappa shape index (κ3) is 2.57. The predicted octanol–water partition coefficient (Wildman–Crippen LogP) is 2.33. The number of hydrogen-bond acceptors (Lipinski definition) is 4. The zero-order valence-corrected chi connectivity index (χ0v) is 11.3. The summed E-state index contributed by atoms with van der Waals surface area (Å²) in [5.41, 5.74) is 16.8. The van der Waals surface area contributed by atoms with E-state index in [0.717, 1.165) is 22.5 Å². The normalized spacial score (nSPS) is 17.4. The lowest BCUT2D eigenvalue weighted by Gasteiger charge is -2.11. The van der Waals surface area contributed by atoms with Gasteiger partial charge in [-0.15, -0.1) is 0 Å². The third-order valence-electron chi connectivity index (χ3n) is 3.15. The average Bonchev–Trinajstić information content (AvgIpc) is 2.32. The quantitative estimate of drug-likeness (QED) is 0.597. The van der Waals surface area contributed by atoms with Crippen LogP contribution < -0.4 is 11.5 Å². The van der Waals surface area contributed by atoms with Crippen LogP contribution in [0.2, 0.25) is 0 Å². The van der Waals surface area contributed by atoms with Gasteiger partial charge in [0.15, 0.2) is 5.78 Å². The van der Waals surface area contributed by atoms with Crippen molar-refractivity contribution >= 4 is 22.9 Å². The number of nitrogens with zero attached hydrogens (tertiary/aromatic N) is 1. The summed E-state index contributed by atoms with van der Waals surface area (Å²) in [6.07, 6.45) is 3.12. The van der Waals surface area contributed by atoms with Crippen LogP contribution in [0.4, 0.5) is 11.4 Å². The highest BCUT2D eigenvalue weighted by Gasteiger charge is 2.14. The minimum absolute atomic E-state index is 0.0679. The van der Waals surface area contributed by atoms with Crippen molar-refractivity contribution in [2.75, 3.05) is 5.73 Å². The molecular weight excluding hydrogens is 238 g/mol. The Bertz CT molecular complexity index is 652. The van der Waals surface area contributed by atoms with Gasteiger partial charge in [-0.3, -0.25) is 4.79 Å². The monoisotopic (exact) mass is 255 g/mol. The van der Waals surface area contributed by atoms with E-state index in [1.807, 2.05) is 26.0 Å². The smallest absolute Gasteiger partial charge is 0.183 e. The number of rotatable bonds is 1. The molecule has 0 aliphatic heterocycles. The molecule has 1 aromatic carbocycles. The van der Waals surface area contributed by atoms with E-state index in [9.17, 15) is 4.79 Å². The molecule has 0 amide bonds. The number of carbonyl (C=O) groups is 1. The van der Waals surface area contributed by atoms with E-state index in [1.54, 1.807) is 13.0 Å². The molecule has 0 bridgehead atoms. The summed E-state index contributed by atoms with van der Waals surface area (Å²) >= 11 is 0. The highest BCUT2D eigenvalue weighted by Crippen LogP contribution is 2.26. The molecule has 1 aliphatic carbocycles. The Morgan fingerprint density at radius 2 is 1.68 bits per heavy atom. The van der Waals surface area contributed by atoms with Gasteiger partial charge in [-0.05, 0) is 55.7 Å². The maximum absolute atomic E-state index is 11.5. The number of anilines is 1. The Kier molecular flexibility index (Phi) is 3.25. The Labute approximate surface area is 112 Å². The predicted molar refractivity (Wildman–Crippen MR) is 78.5 cm³/mol. The van der Waals surface area contributed by atoms with Gasteiger partial charge in [-0.2, -0.15) is 0 Å². The molecule has 0 heterocycles. The number of nitrogen functional groups attached to an aromatic ring is 1. The zero-order chi connectivity index (χ0) is 14.2. The molecule has 0 saturated heterocycles. The zero-order valence-electron chi connectivity index (χ0n) is 11.3. The van der Waals surface area contributed by atoms with Crippen molar-refractivity contribution in [3.8, 4) is 0 Å². The first-order chi connectivity index (χ1) is 8.88. The molecular formula is C15H17N3O. The molecule has 0 saturated carbocycles. The van der Waals surface area contributed by atoms with Crippen molar-refractivity contribution in [1.82, 2.24) is 0 Å². The Morgan fingerprint density at radius 3 is 2.37 bits per heavy atom. The van der Waals surface area contributed by atoms with Crippen molar-refractivity contribution in [3.05, 3.63) is 46.7 Å². The van der Waals surface area contributed by atoms with E-state index in [-0.39, 0.29) is 5.78 Å². The van der Waals surface area contributed by atoms with Crippen molar-refractivity contribution in [2.24, 2.45) is 10.7 Å². The molecule has 0 atom stereocenters. The first-order valence-electron chi connectivity index (χ1n) is 6.04. The topological polar surface area (TPSA) is 81.5 Å². The molecule has 0 fully saturated rings. The van der Waals surface area contributed by atoms with Gasteiger partial charge in [0.1, 0.15) is 0 Å². The fourth-order valence-corrected chi connectivity index (χ4v) is 1.86. The number of aryl methyl sites for hydroxylation is 2. The minimum Gasteiger partial charge on any atom is -0.399 e. The summed E-state index contributed by atoms with van der Waals surface area (Å²) in [6, 6.07) is 3.81. The fourth-order valence-electron chi connectivity index (χ4n) is 1.86.